The van der Waals surface area contributed by atoms with Crippen LogP contribution in [0.1, 0.15) is 12.5 Å². The Balaban J connectivity index is 2.05. The molecule has 0 saturated carbocycles. The average molecular weight is 444 g/mol. The number of rotatable bonds is 6. The maximum atomic E-state index is 14.2. The molecular weight excluding hydrogens is 421 g/mol. The van der Waals surface area contributed by atoms with Crippen LogP contribution in [0.3, 0.4) is 0 Å². The maximum absolute atomic E-state index is 14.2. The van der Waals surface area contributed by atoms with Crippen LogP contribution >= 0.6 is 0 Å². The van der Waals surface area contributed by atoms with Gasteiger partial charge in [-0.15, -0.1) is 0 Å². The zero-order valence-electron chi connectivity index (χ0n) is 16.5. The van der Waals surface area contributed by atoms with E-state index < -0.39 is 27.3 Å². The van der Waals surface area contributed by atoms with Crippen molar-refractivity contribution in [3.05, 3.63) is 48.0 Å². The molecule has 0 bridgehead atoms. The third-order valence-corrected chi connectivity index (χ3v) is 6.55. The number of piperazine rings is 1. The summed E-state index contributed by atoms with van der Waals surface area (Å²) in [4.78, 5) is 5.88. The third-order valence-electron chi connectivity index (χ3n) is 4.98. The number of hydrogen-bond donors (Lipinski definition) is 2. The SMILES string of the molecule is COc1nc(N2CCNCC2)ccc1[C@](C)(NS(=O)(=O)c1ccccc1)C(F)(F)F. The van der Waals surface area contributed by atoms with E-state index in [4.69, 9.17) is 4.74 Å². The quantitative estimate of drug-likeness (QED) is 0.711. The molecule has 1 aliphatic heterocycles. The molecule has 2 N–H and O–H groups in total. The molecule has 1 aromatic heterocycles. The number of benzene rings is 1. The van der Waals surface area contributed by atoms with Crippen LogP contribution in [-0.4, -0.2) is 52.9 Å². The smallest absolute Gasteiger partial charge is 0.411 e. The topological polar surface area (TPSA) is 83.6 Å². The minimum absolute atomic E-state index is 0.273. The van der Waals surface area contributed by atoms with Crippen LogP contribution in [-0.2, 0) is 15.6 Å². The van der Waals surface area contributed by atoms with Gasteiger partial charge in [-0.2, -0.15) is 22.9 Å². The first-order valence-electron chi connectivity index (χ1n) is 9.25. The van der Waals surface area contributed by atoms with Crippen LogP contribution < -0.4 is 19.7 Å². The van der Waals surface area contributed by atoms with Gasteiger partial charge >= 0.3 is 6.18 Å². The molecule has 0 aliphatic carbocycles. The first-order chi connectivity index (χ1) is 14.1. The lowest BCUT2D eigenvalue weighted by molar-refractivity contribution is -0.189. The highest BCUT2D eigenvalue weighted by Crippen LogP contribution is 2.43. The molecule has 1 fully saturated rings. The van der Waals surface area contributed by atoms with Gasteiger partial charge in [-0.1, -0.05) is 18.2 Å². The molecule has 2 heterocycles. The number of nitrogens with one attached hydrogen (secondary N) is 2. The van der Waals surface area contributed by atoms with Crippen molar-refractivity contribution in [3.63, 3.8) is 0 Å². The van der Waals surface area contributed by atoms with Crippen molar-refractivity contribution in [2.24, 2.45) is 0 Å². The summed E-state index contributed by atoms with van der Waals surface area (Å²) in [6, 6.07) is 9.55. The van der Waals surface area contributed by atoms with Crippen LogP contribution in [0.5, 0.6) is 5.88 Å². The van der Waals surface area contributed by atoms with Gasteiger partial charge in [-0.25, -0.2) is 8.42 Å². The zero-order valence-corrected chi connectivity index (χ0v) is 17.3. The first-order valence-corrected chi connectivity index (χ1v) is 10.7. The van der Waals surface area contributed by atoms with E-state index in [0.29, 0.717) is 18.9 Å². The Hall–Kier alpha value is -2.37. The Kier molecular flexibility index (Phi) is 6.25. The fraction of sp³-hybridized carbons (Fsp3) is 0.421. The van der Waals surface area contributed by atoms with Gasteiger partial charge in [-0.05, 0) is 31.2 Å². The Morgan fingerprint density at radius 2 is 1.73 bits per heavy atom. The molecule has 0 radical (unpaired) electrons. The highest BCUT2D eigenvalue weighted by molar-refractivity contribution is 7.89. The molecule has 1 aliphatic rings. The minimum Gasteiger partial charge on any atom is -0.481 e. The van der Waals surface area contributed by atoms with Crippen LogP contribution in [0, 0.1) is 0 Å². The van der Waals surface area contributed by atoms with Gasteiger partial charge in [0, 0.05) is 31.7 Å². The van der Waals surface area contributed by atoms with E-state index in [1.165, 1.54) is 43.5 Å². The number of nitrogens with zero attached hydrogens (tertiary/aromatic N) is 2. The number of anilines is 1. The van der Waals surface area contributed by atoms with Crippen molar-refractivity contribution in [1.29, 1.82) is 0 Å². The van der Waals surface area contributed by atoms with Gasteiger partial charge in [0.2, 0.25) is 15.9 Å². The van der Waals surface area contributed by atoms with Gasteiger partial charge < -0.3 is 15.0 Å². The summed E-state index contributed by atoms with van der Waals surface area (Å²) >= 11 is 0. The predicted octanol–water partition coefficient (Wildman–Crippen LogP) is 2.26. The lowest BCUT2D eigenvalue weighted by atomic mass is 9.93. The number of sulfonamides is 1. The average Bonchev–Trinajstić information content (AvgIpc) is 2.73. The molecule has 164 valence electrons. The summed E-state index contributed by atoms with van der Waals surface area (Å²) < 4.78 is 74.9. The van der Waals surface area contributed by atoms with E-state index in [1.807, 2.05) is 9.62 Å². The number of pyridine rings is 1. The second-order valence-electron chi connectivity index (χ2n) is 7.00. The fourth-order valence-corrected chi connectivity index (χ4v) is 4.63. The molecule has 30 heavy (non-hydrogen) atoms. The number of ether oxygens (including phenoxy) is 1. The second-order valence-corrected chi connectivity index (χ2v) is 8.69. The Bertz CT molecular complexity index is 980. The van der Waals surface area contributed by atoms with Crippen LogP contribution in [0.2, 0.25) is 0 Å². The second kappa shape index (κ2) is 8.40. The van der Waals surface area contributed by atoms with Gasteiger partial charge in [0.15, 0.2) is 5.54 Å². The Labute approximate surface area is 173 Å². The van der Waals surface area contributed by atoms with Gasteiger partial charge in [0.25, 0.3) is 0 Å². The molecule has 0 unspecified atom stereocenters. The number of hydrogen-bond acceptors (Lipinski definition) is 6. The highest BCUT2D eigenvalue weighted by Gasteiger charge is 2.56. The maximum Gasteiger partial charge on any atom is 0.411 e. The van der Waals surface area contributed by atoms with Crippen molar-refractivity contribution in [3.8, 4) is 5.88 Å². The molecule has 1 atom stereocenters. The molecule has 2 aromatic rings. The Morgan fingerprint density at radius 3 is 2.30 bits per heavy atom. The van der Waals surface area contributed by atoms with Crippen LogP contribution in [0.4, 0.5) is 19.0 Å². The molecule has 0 amide bonds. The van der Waals surface area contributed by atoms with E-state index in [2.05, 4.69) is 10.3 Å². The Morgan fingerprint density at radius 1 is 1.10 bits per heavy atom. The monoisotopic (exact) mass is 444 g/mol. The van der Waals surface area contributed by atoms with Gasteiger partial charge in [0.05, 0.1) is 12.0 Å². The normalized spacial score (nSPS) is 17.4. The summed E-state index contributed by atoms with van der Waals surface area (Å²) in [6.07, 6.45) is -4.96. The van der Waals surface area contributed by atoms with E-state index in [9.17, 15) is 21.6 Å². The number of halogens is 3. The number of aromatic nitrogens is 1. The van der Waals surface area contributed by atoms with Crippen molar-refractivity contribution in [1.82, 2.24) is 15.0 Å². The van der Waals surface area contributed by atoms with Crippen molar-refractivity contribution in [2.45, 2.75) is 23.5 Å². The van der Waals surface area contributed by atoms with Crippen molar-refractivity contribution >= 4 is 15.8 Å². The number of methoxy groups -OCH3 is 1. The third kappa shape index (κ3) is 4.37. The predicted molar refractivity (Wildman–Crippen MR) is 106 cm³/mol. The summed E-state index contributed by atoms with van der Waals surface area (Å²) in [5.74, 6) is 0.175. The van der Waals surface area contributed by atoms with E-state index in [1.54, 1.807) is 6.07 Å². The summed E-state index contributed by atoms with van der Waals surface area (Å²) in [7, 11) is -3.27. The first kappa shape index (κ1) is 22.3. The molecule has 1 aromatic carbocycles. The lowest BCUT2D eigenvalue weighted by Gasteiger charge is -2.34. The molecule has 11 heteroatoms. The molecule has 7 nitrogen and oxygen atoms in total. The molecule has 1 saturated heterocycles. The standard InChI is InChI=1S/C19H23F3N4O3S/c1-18(19(20,21)22,25-30(27,28)14-6-4-3-5-7-14)15-8-9-16(24-17(15)29-2)26-12-10-23-11-13-26/h3-9,23,25H,10-13H2,1-2H3/t18-/m0/s1. The fourth-order valence-electron chi connectivity index (χ4n) is 3.23. The molecule has 3 rings (SSSR count). The molecule has 0 spiro atoms. The van der Waals surface area contributed by atoms with Crippen molar-refractivity contribution < 1.29 is 26.3 Å². The number of alkyl halides is 3. The minimum atomic E-state index is -4.96. The molecular formula is C19H23F3N4O3S. The lowest BCUT2D eigenvalue weighted by Crippen LogP contribution is -2.54. The van der Waals surface area contributed by atoms with E-state index in [0.717, 1.165) is 20.0 Å². The van der Waals surface area contributed by atoms with E-state index >= 15 is 0 Å². The van der Waals surface area contributed by atoms with Crippen molar-refractivity contribution in [2.75, 3.05) is 38.2 Å². The van der Waals surface area contributed by atoms with E-state index in [-0.39, 0.29) is 10.8 Å². The van der Waals surface area contributed by atoms with Gasteiger partial charge in [0.1, 0.15) is 5.82 Å². The summed E-state index contributed by atoms with van der Waals surface area (Å²) in [6.45, 7) is 3.50. The zero-order chi connectivity index (χ0) is 22.0. The van der Waals surface area contributed by atoms with Gasteiger partial charge in [-0.3, -0.25) is 0 Å². The van der Waals surface area contributed by atoms with Crippen LogP contribution in [0.15, 0.2) is 47.4 Å². The highest BCUT2D eigenvalue weighted by atomic mass is 32.2. The largest absolute Gasteiger partial charge is 0.481 e. The van der Waals surface area contributed by atoms with Crippen LogP contribution in [0.25, 0.3) is 0 Å². The summed E-state index contributed by atoms with van der Waals surface area (Å²) in [5.41, 5.74) is -3.38. The summed E-state index contributed by atoms with van der Waals surface area (Å²) in [5, 5.41) is 3.18.